The first-order chi connectivity index (χ1) is 8.97. The summed E-state index contributed by atoms with van der Waals surface area (Å²) < 4.78 is 1.58. The molecule has 100 valence electrons. The average Bonchev–Trinajstić information content (AvgIpc) is 2.66. The largest absolute Gasteiger partial charge is 0.384 e. The summed E-state index contributed by atoms with van der Waals surface area (Å²) in [5.74, 6) is 0.468. The fourth-order valence-corrected chi connectivity index (χ4v) is 2.01. The second kappa shape index (κ2) is 5.14. The number of carbonyl (C=O) groups is 1. The third-order valence-corrected chi connectivity index (χ3v) is 2.99. The van der Waals surface area contributed by atoms with Crippen LogP contribution in [0.25, 0.3) is 0 Å². The van der Waals surface area contributed by atoms with E-state index in [-0.39, 0.29) is 5.91 Å². The van der Waals surface area contributed by atoms with Crippen LogP contribution in [-0.4, -0.2) is 15.7 Å². The molecule has 3 N–H and O–H groups in total. The van der Waals surface area contributed by atoms with Crippen LogP contribution in [0.3, 0.4) is 0 Å². The summed E-state index contributed by atoms with van der Waals surface area (Å²) >= 11 is 0. The lowest BCUT2D eigenvalue weighted by Gasteiger charge is -2.07. The van der Waals surface area contributed by atoms with Crippen LogP contribution in [0, 0.1) is 13.8 Å². The molecule has 1 heterocycles. The Kier molecular flexibility index (Phi) is 3.55. The Morgan fingerprint density at radius 2 is 1.95 bits per heavy atom. The van der Waals surface area contributed by atoms with Gasteiger partial charge < -0.3 is 11.1 Å². The highest BCUT2D eigenvalue weighted by atomic mass is 16.1. The molecular formula is C14H18N4O. The smallest absolute Gasteiger partial charge is 0.251 e. The van der Waals surface area contributed by atoms with Gasteiger partial charge >= 0.3 is 0 Å². The highest BCUT2D eigenvalue weighted by molar-refractivity contribution is 5.94. The third kappa shape index (κ3) is 2.93. The minimum absolute atomic E-state index is 0.102. The van der Waals surface area contributed by atoms with Crippen LogP contribution < -0.4 is 11.1 Å². The summed E-state index contributed by atoms with van der Waals surface area (Å²) in [5, 5.41) is 6.89. The summed E-state index contributed by atoms with van der Waals surface area (Å²) in [6, 6.07) is 5.78. The minimum atomic E-state index is -0.102. The number of anilines is 1. The topological polar surface area (TPSA) is 72.9 Å². The van der Waals surface area contributed by atoms with E-state index in [1.165, 1.54) is 0 Å². The Morgan fingerprint density at radius 1 is 1.32 bits per heavy atom. The van der Waals surface area contributed by atoms with Gasteiger partial charge in [0, 0.05) is 24.7 Å². The van der Waals surface area contributed by atoms with Crippen LogP contribution in [0.5, 0.6) is 0 Å². The van der Waals surface area contributed by atoms with E-state index in [0.717, 1.165) is 16.7 Å². The number of aryl methyl sites for hydroxylation is 3. The van der Waals surface area contributed by atoms with Crippen LogP contribution in [0.2, 0.25) is 0 Å². The number of rotatable bonds is 3. The molecule has 0 bridgehead atoms. The Hall–Kier alpha value is -2.30. The summed E-state index contributed by atoms with van der Waals surface area (Å²) in [6.45, 7) is 4.33. The van der Waals surface area contributed by atoms with Gasteiger partial charge in [-0.15, -0.1) is 0 Å². The van der Waals surface area contributed by atoms with E-state index in [2.05, 4.69) is 10.4 Å². The molecule has 0 atom stereocenters. The van der Waals surface area contributed by atoms with E-state index in [1.54, 1.807) is 17.9 Å². The van der Waals surface area contributed by atoms with Gasteiger partial charge in [0.25, 0.3) is 5.91 Å². The van der Waals surface area contributed by atoms with Crippen LogP contribution in [0.15, 0.2) is 24.4 Å². The molecule has 1 aromatic heterocycles. The SMILES string of the molecule is Cc1cc(C)cc(C(=O)NCc2cnn(C)c2N)c1. The van der Waals surface area contributed by atoms with Crippen molar-refractivity contribution < 1.29 is 4.79 Å². The maximum atomic E-state index is 12.1. The maximum absolute atomic E-state index is 12.1. The van der Waals surface area contributed by atoms with Crippen LogP contribution in [-0.2, 0) is 13.6 Å². The van der Waals surface area contributed by atoms with Crippen molar-refractivity contribution in [3.05, 3.63) is 46.6 Å². The third-order valence-electron chi connectivity index (χ3n) is 2.99. The van der Waals surface area contributed by atoms with Gasteiger partial charge in [0.1, 0.15) is 5.82 Å². The van der Waals surface area contributed by atoms with Crippen molar-refractivity contribution in [1.29, 1.82) is 0 Å². The van der Waals surface area contributed by atoms with Crippen molar-refractivity contribution in [3.8, 4) is 0 Å². The van der Waals surface area contributed by atoms with Crippen molar-refractivity contribution in [2.45, 2.75) is 20.4 Å². The fraction of sp³-hybridized carbons (Fsp3) is 0.286. The second-order valence-electron chi connectivity index (χ2n) is 4.74. The number of nitrogens with two attached hydrogens (primary N) is 1. The van der Waals surface area contributed by atoms with Gasteiger partial charge in [-0.05, 0) is 26.0 Å². The Labute approximate surface area is 112 Å². The molecule has 2 aromatic rings. The maximum Gasteiger partial charge on any atom is 0.251 e. The Bertz CT molecular complexity index is 596. The minimum Gasteiger partial charge on any atom is -0.384 e. The first-order valence-electron chi connectivity index (χ1n) is 6.10. The Balaban J connectivity index is 2.07. The van der Waals surface area contributed by atoms with E-state index in [1.807, 2.05) is 32.0 Å². The van der Waals surface area contributed by atoms with E-state index < -0.39 is 0 Å². The van der Waals surface area contributed by atoms with E-state index in [4.69, 9.17) is 5.73 Å². The van der Waals surface area contributed by atoms with E-state index >= 15 is 0 Å². The standard InChI is InChI=1S/C14H18N4O/c1-9-4-10(2)6-11(5-9)14(19)16-7-12-8-17-18(3)13(12)15/h4-6,8H,7,15H2,1-3H3,(H,16,19). The molecule has 1 amide bonds. The molecule has 5 heteroatoms. The zero-order chi connectivity index (χ0) is 14.0. The number of amides is 1. The molecule has 0 aliphatic heterocycles. The molecule has 5 nitrogen and oxygen atoms in total. The molecule has 0 fully saturated rings. The zero-order valence-corrected chi connectivity index (χ0v) is 11.4. The van der Waals surface area contributed by atoms with Crippen LogP contribution in [0.1, 0.15) is 27.0 Å². The van der Waals surface area contributed by atoms with Gasteiger partial charge in [-0.2, -0.15) is 5.10 Å². The number of hydrogen-bond donors (Lipinski definition) is 2. The molecular weight excluding hydrogens is 240 g/mol. The number of nitrogens with one attached hydrogen (secondary N) is 1. The fourth-order valence-electron chi connectivity index (χ4n) is 2.01. The lowest BCUT2D eigenvalue weighted by Crippen LogP contribution is -2.23. The Morgan fingerprint density at radius 3 is 2.47 bits per heavy atom. The summed E-state index contributed by atoms with van der Waals surface area (Å²) in [7, 11) is 1.77. The van der Waals surface area contributed by atoms with Crippen molar-refractivity contribution in [3.63, 3.8) is 0 Å². The number of hydrogen-bond acceptors (Lipinski definition) is 3. The number of benzene rings is 1. The molecule has 19 heavy (non-hydrogen) atoms. The number of nitrogen functional groups attached to an aromatic ring is 1. The summed E-state index contributed by atoms with van der Waals surface area (Å²) in [6.07, 6.45) is 1.66. The molecule has 0 aliphatic rings. The van der Waals surface area contributed by atoms with Gasteiger partial charge in [-0.25, -0.2) is 0 Å². The van der Waals surface area contributed by atoms with Gasteiger partial charge in [-0.3, -0.25) is 9.48 Å². The van der Waals surface area contributed by atoms with E-state index in [0.29, 0.717) is 17.9 Å². The lowest BCUT2D eigenvalue weighted by atomic mass is 10.1. The number of carbonyl (C=O) groups excluding carboxylic acids is 1. The van der Waals surface area contributed by atoms with Gasteiger partial charge in [-0.1, -0.05) is 17.2 Å². The van der Waals surface area contributed by atoms with Crippen LogP contribution >= 0.6 is 0 Å². The first kappa shape index (κ1) is 13.1. The van der Waals surface area contributed by atoms with Gasteiger partial charge in [0.05, 0.1) is 6.20 Å². The van der Waals surface area contributed by atoms with Crippen LogP contribution in [0.4, 0.5) is 5.82 Å². The molecule has 2 rings (SSSR count). The molecule has 1 aromatic carbocycles. The molecule has 0 radical (unpaired) electrons. The average molecular weight is 258 g/mol. The zero-order valence-electron chi connectivity index (χ0n) is 11.4. The van der Waals surface area contributed by atoms with Gasteiger partial charge in [0.15, 0.2) is 0 Å². The number of aromatic nitrogens is 2. The quantitative estimate of drug-likeness (QED) is 0.877. The monoisotopic (exact) mass is 258 g/mol. The highest BCUT2D eigenvalue weighted by Gasteiger charge is 2.09. The molecule has 0 saturated heterocycles. The lowest BCUT2D eigenvalue weighted by molar-refractivity contribution is 0.0951. The first-order valence-corrected chi connectivity index (χ1v) is 6.10. The normalized spacial score (nSPS) is 10.5. The molecule has 0 saturated carbocycles. The molecule has 0 unspecified atom stereocenters. The molecule has 0 spiro atoms. The van der Waals surface area contributed by atoms with Crippen molar-refractivity contribution in [1.82, 2.24) is 15.1 Å². The second-order valence-corrected chi connectivity index (χ2v) is 4.74. The summed E-state index contributed by atoms with van der Waals surface area (Å²) in [5.41, 5.74) is 9.46. The van der Waals surface area contributed by atoms with Gasteiger partial charge in [0.2, 0.25) is 0 Å². The predicted octanol–water partition coefficient (Wildman–Crippen LogP) is 1.55. The van der Waals surface area contributed by atoms with E-state index in [9.17, 15) is 4.79 Å². The molecule has 0 aliphatic carbocycles. The number of nitrogens with zero attached hydrogens (tertiary/aromatic N) is 2. The predicted molar refractivity (Wildman–Crippen MR) is 74.7 cm³/mol. The highest BCUT2D eigenvalue weighted by Crippen LogP contribution is 2.11. The summed E-state index contributed by atoms with van der Waals surface area (Å²) in [4.78, 5) is 12.1. The van der Waals surface area contributed by atoms with Crippen molar-refractivity contribution in [2.75, 3.05) is 5.73 Å². The van der Waals surface area contributed by atoms with Crippen molar-refractivity contribution >= 4 is 11.7 Å². The van der Waals surface area contributed by atoms with Crippen molar-refractivity contribution in [2.24, 2.45) is 7.05 Å².